The van der Waals surface area contributed by atoms with Crippen LogP contribution in [-0.2, 0) is 0 Å². The summed E-state index contributed by atoms with van der Waals surface area (Å²) in [5.41, 5.74) is 0.699. The lowest BCUT2D eigenvalue weighted by Crippen LogP contribution is -2.28. The van der Waals surface area contributed by atoms with Crippen LogP contribution in [0.15, 0.2) is 0 Å². The fourth-order valence-corrected chi connectivity index (χ4v) is 4.31. The van der Waals surface area contributed by atoms with Gasteiger partial charge in [0, 0.05) is 0 Å². The maximum absolute atomic E-state index is 2.62. The highest BCUT2D eigenvalue weighted by atomic mass is 14.4. The predicted molar refractivity (Wildman–Crippen MR) is 76.2 cm³/mol. The normalized spacial score (nSPS) is 35.6. The van der Waals surface area contributed by atoms with E-state index in [-0.39, 0.29) is 0 Å². The fourth-order valence-electron chi connectivity index (χ4n) is 4.31. The second-order valence-electron chi connectivity index (χ2n) is 7.23. The molecule has 0 nitrogen and oxygen atoms in total. The summed E-state index contributed by atoms with van der Waals surface area (Å²) < 4.78 is 0. The van der Waals surface area contributed by atoms with Gasteiger partial charge in [-0.15, -0.1) is 0 Å². The molecule has 0 heterocycles. The van der Waals surface area contributed by atoms with Crippen LogP contribution in [0.1, 0.15) is 90.9 Å². The van der Waals surface area contributed by atoms with Gasteiger partial charge in [0.1, 0.15) is 0 Å². The van der Waals surface area contributed by atoms with Crippen molar-refractivity contribution in [3.05, 3.63) is 0 Å². The average molecular weight is 236 g/mol. The lowest BCUT2D eigenvalue weighted by Gasteiger charge is -2.39. The van der Waals surface area contributed by atoms with E-state index in [0.717, 1.165) is 11.8 Å². The highest BCUT2D eigenvalue weighted by Crippen LogP contribution is 2.46. The van der Waals surface area contributed by atoms with Gasteiger partial charge in [-0.2, -0.15) is 0 Å². The molecule has 2 unspecified atom stereocenters. The minimum Gasteiger partial charge on any atom is -0.0625 e. The monoisotopic (exact) mass is 236 g/mol. The standard InChI is InChI=1S/C17H32/c1-15-9-8-10-16(12-11-15)17(2)13-6-4-3-5-7-14-17/h15-16H,3-14H2,1-2H3. The first kappa shape index (κ1) is 13.4. The zero-order chi connectivity index (χ0) is 12.1. The van der Waals surface area contributed by atoms with Crippen molar-refractivity contribution in [3.63, 3.8) is 0 Å². The van der Waals surface area contributed by atoms with E-state index in [0.29, 0.717) is 5.41 Å². The van der Waals surface area contributed by atoms with Gasteiger partial charge in [-0.1, -0.05) is 65.2 Å². The van der Waals surface area contributed by atoms with Gasteiger partial charge in [-0.3, -0.25) is 0 Å². The third-order valence-electron chi connectivity index (χ3n) is 5.74. The zero-order valence-corrected chi connectivity index (χ0v) is 12.1. The van der Waals surface area contributed by atoms with Crippen molar-refractivity contribution in [1.29, 1.82) is 0 Å². The van der Waals surface area contributed by atoms with Crippen LogP contribution >= 0.6 is 0 Å². The molecule has 0 aliphatic heterocycles. The van der Waals surface area contributed by atoms with Gasteiger partial charge in [0.25, 0.3) is 0 Å². The molecular formula is C17H32. The van der Waals surface area contributed by atoms with E-state index in [2.05, 4.69) is 13.8 Å². The number of hydrogen-bond acceptors (Lipinski definition) is 0. The van der Waals surface area contributed by atoms with Crippen LogP contribution in [0.2, 0.25) is 0 Å². The van der Waals surface area contributed by atoms with Crippen LogP contribution < -0.4 is 0 Å². The third-order valence-corrected chi connectivity index (χ3v) is 5.74. The van der Waals surface area contributed by atoms with Gasteiger partial charge >= 0.3 is 0 Å². The summed E-state index contributed by atoms with van der Waals surface area (Å²) in [7, 11) is 0. The first-order valence-corrected chi connectivity index (χ1v) is 8.21. The molecule has 0 aromatic heterocycles. The van der Waals surface area contributed by atoms with Crippen molar-refractivity contribution in [2.24, 2.45) is 17.3 Å². The molecule has 17 heavy (non-hydrogen) atoms. The van der Waals surface area contributed by atoms with E-state index in [1.54, 1.807) is 0 Å². The SMILES string of the molecule is CC1CCCC(C2(C)CCCCCCC2)CC1. The van der Waals surface area contributed by atoms with E-state index in [1.165, 1.54) is 77.0 Å². The predicted octanol–water partition coefficient (Wildman–Crippen LogP) is 5.95. The molecule has 2 aliphatic carbocycles. The Labute approximate surface area is 109 Å². The Morgan fingerprint density at radius 2 is 1.35 bits per heavy atom. The lowest BCUT2D eigenvalue weighted by molar-refractivity contribution is 0.119. The summed E-state index contributed by atoms with van der Waals surface area (Å²) >= 11 is 0. The second kappa shape index (κ2) is 6.25. The molecule has 100 valence electrons. The van der Waals surface area contributed by atoms with Crippen LogP contribution in [-0.4, -0.2) is 0 Å². The Hall–Kier alpha value is 0. The Kier molecular flexibility index (Phi) is 4.94. The lowest BCUT2D eigenvalue weighted by atomic mass is 9.66. The minimum atomic E-state index is 0.699. The zero-order valence-electron chi connectivity index (χ0n) is 12.1. The van der Waals surface area contributed by atoms with E-state index in [9.17, 15) is 0 Å². The molecule has 0 N–H and O–H groups in total. The Morgan fingerprint density at radius 3 is 2.06 bits per heavy atom. The average Bonchev–Trinajstić information content (AvgIpc) is 2.49. The van der Waals surface area contributed by atoms with E-state index < -0.39 is 0 Å². The maximum atomic E-state index is 2.62. The molecule has 0 aromatic rings. The van der Waals surface area contributed by atoms with Gasteiger partial charge < -0.3 is 0 Å². The summed E-state index contributed by atoms with van der Waals surface area (Å²) in [6, 6.07) is 0. The Morgan fingerprint density at radius 1 is 0.706 bits per heavy atom. The van der Waals surface area contributed by atoms with Crippen LogP contribution in [0.25, 0.3) is 0 Å². The van der Waals surface area contributed by atoms with Crippen LogP contribution in [0, 0.1) is 17.3 Å². The molecule has 0 amide bonds. The number of hydrogen-bond donors (Lipinski definition) is 0. The first-order chi connectivity index (χ1) is 8.21. The van der Waals surface area contributed by atoms with Gasteiger partial charge in [0.15, 0.2) is 0 Å². The third kappa shape index (κ3) is 3.73. The summed E-state index contributed by atoms with van der Waals surface area (Å²) in [6.07, 6.45) is 18.1. The molecular weight excluding hydrogens is 204 g/mol. The molecule has 2 aliphatic rings. The first-order valence-electron chi connectivity index (χ1n) is 8.21. The molecule has 0 heteroatoms. The number of rotatable bonds is 1. The van der Waals surface area contributed by atoms with Crippen LogP contribution in [0.5, 0.6) is 0 Å². The van der Waals surface area contributed by atoms with Crippen molar-refractivity contribution >= 4 is 0 Å². The minimum absolute atomic E-state index is 0.699. The molecule has 2 fully saturated rings. The molecule has 0 spiro atoms. The fraction of sp³-hybridized carbons (Fsp3) is 1.00. The van der Waals surface area contributed by atoms with Crippen molar-refractivity contribution in [2.75, 3.05) is 0 Å². The van der Waals surface area contributed by atoms with Crippen molar-refractivity contribution in [3.8, 4) is 0 Å². The summed E-state index contributed by atoms with van der Waals surface area (Å²) in [5, 5.41) is 0. The molecule has 0 bridgehead atoms. The van der Waals surface area contributed by atoms with Gasteiger partial charge in [-0.25, -0.2) is 0 Å². The highest BCUT2D eigenvalue weighted by Gasteiger charge is 2.34. The van der Waals surface area contributed by atoms with Crippen molar-refractivity contribution in [2.45, 2.75) is 90.9 Å². The molecule has 0 saturated heterocycles. The maximum Gasteiger partial charge on any atom is -0.0298 e. The molecule has 2 atom stereocenters. The van der Waals surface area contributed by atoms with Gasteiger partial charge in [0.2, 0.25) is 0 Å². The van der Waals surface area contributed by atoms with E-state index >= 15 is 0 Å². The van der Waals surface area contributed by atoms with Crippen molar-refractivity contribution < 1.29 is 0 Å². The Balaban J connectivity index is 1.96. The molecule has 2 rings (SSSR count). The summed E-state index contributed by atoms with van der Waals surface area (Å²) in [5.74, 6) is 2.04. The van der Waals surface area contributed by atoms with Crippen molar-refractivity contribution in [1.82, 2.24) is 0 Å². The smallest absolute Gasteiger partial charge is 0.0298 e. The summed E-state index contributed by atoms with van der Waals surface area (Å²) in [4.78, 5) is 0. The highest BCUT2D eigenvalue weighted by molar-refractivity contribution is 4.85. The van der Waals surface area contributed by atoms with Gasteiger partial charge in [-0.05, 0) is 42.9 Å². The molecule has 0 radical (unpaired) electrons. The quantitative estimate of drug-likeness (QED) is 0.493. The molecule has 0 aromatic carbocycles. The van der Waals surface area contributed by atoms with E-state index in [1.807, 2.05) is 0 Å². The largest absolute Gasteiger partial charge is 0.0625 e. The topological polar surface area (TPSA) is 0 Å². The van der Waals surface area contributed by atoms with E-state index in [4.69, 9.17) is 0 Å². The van der Waals surface area contributed by atoms with Crippen LogP contribution in [0.4, 0.5) is 0 Å². The summed E-state index contributed by atoms with van der Waals surface area (Å²) in [6.45, 7) is 5.09. The van der Waals surface area contributed by atoms with Crippen LogP contribution in [0.3, 0.4) is 0 Å². The molecule has 2 saturated carbocycles. The second-order valence-corrected chi connectivity index (χ2v) is 7.23. The Bertz CT molecular complexity index is 210. The van der Waals surface area contributed by atoms with Gasteiger partial charge in [0.05, 0.1) is 0 Å².